The smallest absolute Gasteiger partial charge is 0.247 e. The summed E-state index contributed by atoms with van der Waals surface area (Å²) in [6.45, 7) is 6.44. The Morgan fingerprint density at radius 2 is 1.96 bits per heavy atom. The van der Waals surface area contributed by atoms with E-state index in [0.717, 1.165) is 16.2 Å². The molecule has 1 fully saturated rings. The lowest BCUT2D eigenvalue weighted by atomic mass is 10.1. The Hall–Kier alpha value is -1.80. The van der Waals surface area contributed by atoms with Crippen molar-refractivity contribution in [2.45, 2.75) is 26.4 Å². The molecule has 1 unspecified atom stereocenters. The van der Waals surface area contributed by atoms with Crippen molar-refractivity contribution in [3.63, 3.8) is 0 Å². The summed E-state index contributed by atoms with van der Waals surface area (Å²) in [4.78, 5) is 16.6. The van der Waals surface area contributed by atoms with Gasteiger partial charge in [-0.05, 0) is 35.8 Å². The molecule has 1 aliphatic heterocycles. The number of halogens is 3. The van der Waals surface area contributed by atoms with Gasteiger partial charge in [0, 0.05) is 38.3 Å². The highest BCUT2D eigenvalue weighted by atomic mass is 79.9. The van der Waals surface area contributed by atoms with Crippen molar-refractivity contribution in [3.05, 3.63) is 51.8 Å². The van der Waals surface area contributed by atoms with E-state index in [2.05, 4.69) is 21.0 Å². The summed E-state index contributed by atoms with van der Waals surface area (Å²) in [5.41, 5.74) is 1.25. The molecule has 1 aliphatic rings. The molecule has 1 aromatic carbocycles. The predicted molar refractivity (Wildman–Crippen MR) is 97.6 cm³/mol. The Balaban J connectivity index is 1.58. The first kappa shape index (κ1) is 19.0. The van der Waals surface area contributed by atoms with E-state index in [1.807, 2.05) is 18.7 Å². The standard InChI is InChI=1S/C18H21BrF2N4O/c1-12-15(19)10-22-25(12)13(2)18(26)24-8-6-23(7-9-24)11-14-4-3-5-16(20)17(14)21/h3-5,10,13H,6-9,11H2,1-2H3. The maximum Gasteiger partial charge on any atom is 0.247 e. The molecule has 0 spiro atoms. The molecule has 3 rings (SSSR count). The van der Waals surface area contributed by atoms with Crippen LogP contribution in [0.15, 0.2) is 28.9 Å². The summed E-state index contributed by atoms with van der Waals surface area (Å²) < 4.78 is 29.7. The largest absolute Gasteiger partial charge is 0.338 e. The van der Waals surface area contributed by atoms with Crippen LogP contribution in [0.5, 0.6) is 0 Å². The van der Waals surface area contributed by atoms with Gasteiger partial charge in [-0.15, -0.1) is 0 Å². The van der Waals surface area contributed by atoms with Gasteiger partial charge in [0.15, 0.2) is 11.6 Å². The van der Waals surface area contributed by atoms with Crippen LogP contribution < -0.4 is 0 Å². The van der Waals surface area contributed by atoms with Gasteiger partial charge in [-0.1, -0.05) is 12.1 Å². The van der Waals surface area contributed by atoms with Crippen LogP contribution in [0, 0.1) is 18.6 Å². The van der Waals surface area contributed by atoms with E-state index in [1.165, 1.54) is 6.07 Å². The molecule has 2 heterocycles. The van der Waals surface area contributed by atoms with Crippen LogP contribution in [0.2, 0.25) is 0 Å². The van der Waals surface area contributed by atoms with Crippen molar-refractivity contribution in [3.8, 4) is 0 Å². The highest BCUT2D eigenvalue weighted by Crippen LogP contribution is 2.21. The van der Waals surface area contributed by atoms with E-state index in [0.29, 0.717) is 38.3 Å². The molecule has 1 saturated heterocycles. The Labute approximate surface area is 159 Å². The minimum Gasteiger partial charge on any atom is -0.338 e. The number of nitrogens with zero attached hydrogens (tertiary/aromatic N) is 4. The van der Waals surface area contributed by atoms with Crippen molar-refractivity contribution >= 4 is 21.8 Å². The third-order valence-electron chi connectivity index (χ3n) is 4.82. The molecule has 0 aliphatic carbocycles. The summed E-state index contributed by atoms with van der Waals surface area (Å²) in [5, 5.41) is 4.25. The number of hydrogen-bond acceptors (Lipinski definition) is 3. The van der Waals surface area contributed by atoms with Crippen molar-refractivity contribution < 1.29 is 13.6 Å². The van der Waals surface area contributed by atoms with E-state index in [1.54, 1.807) is 21.8 Å². The zero-order valence-electron chi connectivity index (χ0n) is 14.8. The lowest BCUT2D eigenvalue weighted by molar-refractivity contribution is -0.136. The molecular weight excluding hydrogens is 406 g/mol. The maximum atomic E-state index is 13.8. The van der Waals surface area contributed by atoms with Gasteiger partial charge >= 0.3 is 0 Å². The minimum absolute atomic E-state index is 0.0142. The molecule has 5 nitrogen and oxygen atoms in total. The van der Waals surface area contributed by atoms with Crippen LogP contribution >= 0.6 is 15.9 Å². The number of piperazine rings is 1. The number of carbonyl (C=O) groups is 1. The van der Waals surface area contributed by atoms with Crippen molar-refractivity contribution in [1.82, 2.24) is 19.6 Å². The monoisotopic (exact) mass is 426 g/mol. The zero-order chi connectivity index (χ0) is 18.8. The van der Waals surface area contributed by atoms with Crippen LogP contribution in [0.3, 0.4) is 0 Å². The molecule has 0 bridgehead atoms. The van der Waals surface area contributed by atoms with E-state index in [4.69, 9.17) is 0 Å². The molecule has 0 saturated carbocycles. The molecule has 1 amide bonds. The maximum absolute atomic E-state index is 13.8. The van der Waals surface area contributed by atoms with Crippen molar-refractivity contribution in [1.29, 1.82) is 0 Å². The van der Waals surface area contributed by atoms with Gasteiger partial charge in [0.05, 0.1) is 16.4 Å². The third-order valence-corrected chi connectivity index (χ3v) is 5.60. The Morgan fingerprint density at radius 3 is 2.58 bits per heavy atom. The van der Waals surface area contributed by atoms with Gasteiger partial charge < -0.3 is 4.90 Å². The summed E-state index contributed by atoms with van der Waals surface area (Å²) in [7, 11) is 0. The first-order valence-electron chi connectivity index (χ1n) is 8.52. The van der Waals surface area contributed by atoms with Crippen LogP contribution in [0.1, 0.15) is 24.2 Å². The summed E-state index contributed by atoms with van der Waals surface area (Å²) in [5.74, 6) is -1.61. The lowest BCUT2D eigenvalue weighted by Crippen LogP contribution is -2.50. The van der Waals surface area contributed by atoms with Crippen LogP contribution in [-0.4, -0.2) is 51.7 Å². The SMILES string of the molecule is Cc1c(Br)cnn1C(C)C(=O)N1CCN(Cc2cccc(F)c2F)CC1. The number of aromatic nitrogens is 2. The van der Waals surface area contributed by atoms with E-state index < -0.39 is 11.6 Å². The molecule has 1 aromatic heterocycles. The van der Waals surface area contributed by atoms with Crippen LogP contribution in [0.4, 0.5) is 8.78 Å². The Kier molecular flexibility index (Phi) is 5.72. The van der Waals surface area contributed by atoms with E-state index in [-0.39, 0.29) is 11.9 Å². The van der Waals surface area contributed by atoms with Gasteiger partial charge in [0.25, 0.3) is 0 Å². The number of rotatable bonds is 4. The Bertz CT molecular complexity index is 802. The number of amides is 1. The minimum atomic E-state index is -0.828. The normalized spacial score (nSPS) is 16.7. The summed E-state index contributed by atoms with van der Waals surface area (Å²) >= 11 is 3.41. The Morgan fingerprint density at radius 1 is 1.27 bits per heavy atom. The molecular formula is C18H21BrF2N4O. The van der Waals surface area contributed by atoms with Crippen molar-refractivity contribution in [2.75, 3.05) is 26.2 Å². The highest BCUT2D eigenvalue weighted by Gasteiger charge is 2.27. The fourth-order valence-electron chi connectivity index (χ4n) is 3.20. The third kappa shape index (κ3) is 3.81. The second kappa shape index (κ2) is 7.84. The van der Waals surface area contributed by atoms with E-state index >= 15 is 0 Å². The topological polar surface area (TPSA) is 41.4 Å². The van der Waals surface area contributed by atoms with Gasteiger partial charge in [0.1, 0.15) is 6.04 Å². The second-order valence-electron chi connectivity index (χ2n) is 6.51. The fraction of sp³-hybridized carbons (Fsp3) is 0.444. The van der Waals surface area contributed by atoms with Crippen LogP contribution in [-0.2, 0) is 11.3 Å². The molecule has 8 heteroatoms. The molecule has 26 heavy (non-hydrogen) atoms. The molecule has 0 N–H and O–H groups in total. The highest BCUT2D eigenvalue weighted by molar-refractivity contribution is 9.10. The number of benzene rings is 1. The quantitative estimate of drug-likeness (QED) is 0.753. The van der Waals surface area contributed by atoms with Gasteiger partial charge in [-0.25, -0.2) is 8.78 Å². The molecule has 0 radical (unpaired) electrons. The molecule has 1 atom stereocenters. The van der Waals surface area contributed by atoms with Gasteiger partial charge in [-0.3, -0.25) is 14.4 Å². The summed E-state index contributed by atoms with van der Waals surface area (Å²) in [6, 6.07) is 3.84. The average molecular weight is 427 g/mol. The lowest BCUT2D eigenvalue weighted by Gasteiger charge is -2.36. The summed E-state index contributed by atoms with van der Waals surface area (Å²) in [6.07, 6.45) is 1.69. The second-order valence-corrected chi connectivity index (χ2v) is 7.37. The number of hydrogen-bond donors (Lipinski definition) is 0. The molecule has 140 valence electrons. The van der Waals surface area contributed by atoms with E-state index in [9.17, 15) is 13.6 Å². The van der Waals surface area contributed by atoms with Crippen molar-refractivity contribution in [2.24, 2.45) is 0 Å². The first-order chi connectivity index (χ1) is 12.4. The first-order valence-corrected chi connectivity index (χ1v) is 9.31. The average Bonchev–Trinajstić information content (AvgIpc) is 2.97. The van der Waals surface area contributed by atoms with Crippen LogP contribution in [0.25, 0.3) is 0 Å². The van der Waals surface area contributed by atoms with Gasteiger partial charge in [0.2, 0.25) is 5.91 Å². The number of carbonyl (C=O) groups excluding carboxylic acids is 1. The van der Waals surface area contributed by atoms with Gasteiger partial charge in [-0.2, -0.15) is 5.10 Å². The fourth-order valence-corrected chi connectivity index (χ4v) is 3.47. The molecule has 2 aromatic rings. The predicted octanol–water partition coefficient (Wildman–Crippen LogP) is 3.14. The zero-order valence-corrected chi connectivity index (χ0v) is 16.3.